The molecule has 0 aliphatic heterocycles. The van der Waals surface area contributed by atoms with Crippen LogP contribution in [0.3, 0.4) is 0 Å². The highest BCUT2D eigenvalue weighted by atomic mass is 35.5. The average molecular weight is 1030 g/mol. The quantitative estimate of drug-likeness (QED) is 0.0903. The maximum Gasteiger partial charge on any atom is 0.412 e. The Labute approximate surface area is 436 Å². The molecule has 0 bridgehead atoms. The molecular formula is C58H50Cl2N4O10. The van der Waals surface area contributed by atoms with Gasteiger partial charge in [-0.15, -0.1) is 0 Å². The zero-order valence-electron chi connectivity index (χ0n) is 40.7. The van der Waals surface area contributed by atoms with E-state index in [9.17, 15) is 29.4 Å². The van der Waals surface area contributed by atoms with E-state index in [4.69, 9.17) is 41.7 Å². The van der Waals surface area contributed by atoms with Crippen LogP contribution in [0.25, 0.3) is 44.9 Å². The molecule has 2 aliphatic carbocycles. The Bertz CT molecular complexity index is 3180. The molecule has 14 nitrogen and oxygen atoms in total. The lowest BCUT2D eigenvalue weighted by molar-refractivity contribution is -0.139. The van der Waals surface area contributed by atoms with E-state index in [2.05, 4.69) is 33.1 Å². The van der Waals surface area contributed by atoms with Crippen LogP contribution in [-0.2, 0) is 31.9 Å². The van der Waals surface area contributed by atoms with Crippen molar-refractivity contribution in [3.63, 3.8) is 0 Å². The minimum atomic E-state index is -0.773. The first-order valence-corrected chi connectivity index (χ1v) is 24.7. The predicted molar refractivity (Wildman–Crippen MR) is 282 cm³/mol. The first-order chi connectivity index (χ1) is 35.6. The highest BCUT2D eigenvalue weighted by Crippen LogP contribution is 2.40. The topological polar surface area (TPSA) is 203 Å². The van der Waals surface area contributed by atoms with Gasteiger partial charge in [0.1, 0.15) is 35.0 Å². The molecule has 2 unspecified atom stereocenters. The lowest BCUT2D eigenvalue weighted by Gasteiger charge is -2.15. The number of ether oxygens (including phenoxy) is 2. The average Bonchev–Trinajstić information content (AvgIpc) is 4.19. The summed E-state index contributed by atoms with van der Waals surface area (Å²) in [5.41, 5.74) is 12.8. The maximum atomic E-state index is 12.7. The first-order valence-electron chi connectivity index (χ1n) is 23.9. The molecule has 4 atom stereocenters. The fraction of sp³-hybridized carbons (Fsp3) is 0.207. The number of benzene rings is 6. The zero-order valence-corrected chi connectivity index (χ0v) is 42.2. The summed E-state index contributed by atoms with van der Waals surface area (Å²) in [7, 11) is 0. The van der Waals surface area contributed by atoms with Gasteiger partial charge >= 0.3 is 24.1 Å². The largest absolute Gasteiger partial charge is 0.481 e. The molecule has 0 radical (unpaired) electrons. The molecular weight excluding hydrogens is 984 g/mol. The second-order valence-electron chi connectivity index (χ2n) is 18.2. The second kappa shape index (κ2) is 21.9. The van der Waals surface area contributed by atoms with Crippen LogP contribution in [0.4, 0.5) is 21.0 Å². The molecule has 0 saturated carbocycles. The summed E-state index contributed by atoms with van der Waals surface area (Å²) in [5, 5.41) is 33.4. The number of aryl methyl sites for hydroxylation is 4. The second-order valence-corrected chi connectivity index (χ2v) is 19.0. The first kappa shape index (κ1) is 50.7. The van der Waals surface area contributed by atoms with Crippen molar-refractivity contribution < 1.29 is 47.9 Å². The minimum Gasteiger partial charge on any atom is -0.481 e. The summed E-state index contributed by atoms with van der Waals surface area (Å²) in [4.78, 5) is 48.2. The highest BCUT2D eigenvalue weighted by Gasteiger charge is 2.30. The molecule has 2 amide bonds. The van der Waals surface area contributed by atoms with E-state index in [1.165, 1.54) is 0 Å². The predicted octanol–water partition coefficient (Wildman–Crippen LogP) is 14.8. The Balaban J connectivity index is 0.000000182. The van der Waals surface area contributed by atoms with Gasteiger partial charge in [-0.3, -0.25) is 20.2 Å². The fourth-order valence-electron chi connectivity index (χ4n) is 9.48. The van der Waals surface area contributed by atoms with Gasteiger partial charge in [0.05, 0.1) is 11.8 Å². The fourth-order valence-corrected chi connectivity index (χ4v) is 10.1. The number of rotatable bonds is 12. The summed E-state index contributed by atoms with van der Waals surface area (Å²) < 4.78 is 22.1. The summed E-state index contributed by atoms with van der Waals surface area (Å²) in [6, 6.07) is 41.7. The SMILES string of the molecule is Cc1noc(-c2ccc(-c3ccc4c(c3)CCC4C(=O)O)cc2)c1NC(=O)O[C@H](C)c1ccccc1Cl.Cc1noc(-c2ccc(-c3ccc4c(c3)CCC4C(=O)O)cc2)c1NC(=O)O[C@H](C)c1ccccc1Cl. The molecule has 10 rings (SSSR count). The van der Waals surface area contributed by atoms with Gasteiger partial charge in [-0.25, -0.2) is 9.59 Å². The van der Waals surface area contributed by atoms with Crippen LogP contribution in [0.2, 0.25) is 10.0 Å². The number of carboxylic acid groups (broad SMARTS) is 2. The van der Waals surface area contributed by atoms with E-state index < -0.39 is 48.2 Å². The van der Waals surface area contributed by atoms with Crippen LogP contribution in [0, 0.1) is 13.8 Å². The van der Waals surface area contributed by atoms with E-state index in [0.717, 1.165) is 68.5 Å². The van der Waals surface area contributed by atoms with Gasteiger partial charge in [-0.05, 0) is 110 Å². The van der Waals surface area contributed by atoms with Crippen molar-refractivity contribution in [3.8, 4) is 44.9 Å². The van der Waals surface area contributed by atoms with E-state index in [1.54, 1.807) is 39.8 Å². The Kier molecular flexibility index (Phi) is 15.0. The monoisotopic (exact) mass is 1030 g/mol. The zero-order chi connectivity index (χ0) is 52.2. The van der Waals surface area contributed by atoms with Crippen LogP contribution in [-0.4, -0.2) is 44.7 Å². The molecule has 2 heterocycles. The molecule has 4 N–H and O–H groups in total. The Hall–Kier alpha value is -8.20. The normalized spacial score (nSPS) is 15.2. The van der Waals surface area contributed by atoms with Crippen molar-refractivity contribution in [3.05, 3.63) is 188 Å². The highest BCUT2D eigenvalue weighted by molar-refractivity contribution is 6.31. The lowest BCUT2D eigenvalue weighted by atomic mass is 9.96. The summed E-state index contributed by atoms with van der Waals surface area (Å²) >= 11 is 12.4. The van der Waals surface area contributed by atoms with Crippen molar-refractivity contribution in [2.24, 2.45) is 0 Å². The summed E-state index contributed by atoms with van der Waals surface area (Å²) in [6.07, 6.45) is 0.403. The van der Waals surface area contributed by atoms with E-state index >= 15 is 0 Å². The van der Waals surface area contributed by atoms with Gasteiger partial charge in [0.15, 0.2) is 11.5 Å². The third kappa shape index (κ3) is 10.9. The number of aliphatic carboxylic acids is 2. The molecule has 6 aromatic carbocycles. The number of carbonyl (C=O) groups is 4. The number of carboxylic acids is 2. The molecule has 376 valence electrons. The Morgan fingerprint density at radius 3 is 1.26 bits per heavy atom. The molecule has 0 spiro atoms. The van der Waals surface area contributed by atoms with Gasteiger partial charge in [0.2, 0.25) is 0 Å². The van der Waals surface area contributed by atoms with Crippen LogP contribution in [0.15, 0.2) is 143 Å². The molecule has 74 heavy (non-hydrogen) atoms. The number of amides is 2. The van der Waals surface area contributed by atoms with Crippen LogP contribution in [0.5, 0.6) is 0 Å². The van der Waals surface area contributed by atoms with Gasteiger partial charge in [0, 0.05) is 32.3 Å². The van der Waals surface area contributed by atoms with Crippen molar-refractivity contribution in [1.82, 2.24) is 10.3 Å². The number of nitrogens with zero attached hydrogens (tertiary/aromatic N) is 2. The third-order valence-electron chi connectivity index (χ3n) is 13.4. The molecule has 0 saturated heterocycles. The Morgan fingerprint density at radius 2 is 0.892 bits per heavy atom. The molecule has 0 fully saturated rings. The Morgan fingerprint density at radius 1 is 0.541 bits per heavy atom. The van der Waals surface area contributed by atoms with E-state index in [1.807, 2.05) is 109 Å². The number of anilines is 2. The summed E-state index contributed by atoms with van der Waals surface area (Å²) in [6.45, 7) is 6.98. The van der Waals surface area contributed by atoms with Gasteiger partial charge in [-0.2, -0.15) is 0 Å². The smallest absolute Gasteiger partial charge is 0.412 e. The van der Waals surface area contributed by atoms with Crippen molar-refractivity contribution >= 4 is 58.7 Å². The van der Waals surface area contributed by atoms with Gasteiger partial charge in [0.25, 0.3) is 0 Å². The number of aromatic nitrogens is 2. The number of carbonyl (C=O) groups excluding carboxylic acids is 2. The standard InChI is InChI=1S/2C29H25ClN2O5/c2*1-16-26(31-29(35)36-17(2)22-5-3-4-6-25(22)30)27(37-32-16)19-9-7-18(8-10-19)20-11-13-23-21(15-20)12-14-24(23)28(33)34/h2*3-11,13,15,17,24H,12,14H2,1-2H3,(H,31,35)(H,33,34)/t2*17-,24?/m11/s1. The minimum absolute atomic E-state index is 0.421. The van der Waals surface area contributed by atoms with Crippen molar-refractivity contribution in [1.29, 1.82) is 0 Å². The third-order valence-corrected chi connectivity index (χ3v) is 14.1. The van der Waals surface area contributed by atoms with E-state index in [0.29, 0.717) is 68.3 Å². The number of hydrogen-bond donors (Lipinski definition) is 4. The van der Waals surface area contributed by atoms with Crippen LogP contribution >= 0.6 is 23.2 Å². The number of fused-ring (bicyclic) bond motifs is 2. The van der Waals surface area contributed by atoms with Crippen LogP contribution < -0.4 is 10.6 Å². The van der Waals surface area contributed by atoms with Crippen molar-refractivity contribution in [2.75, 3.05) is 10.6 Å². The number of nitrogens with one attached hydrogen (secondary N) is 2. The van der Waals surface area contributed by atoms with E-state index in [-0.39, 0.29) is 0 Å². The molecule has 8 aromatic rings. The van der Waals surface area contributed by atoms with Crippen LogP contribution in [0.1, 0.15) is 95.5 Å². The van der Waals surface area contributed by atoms with Gasteiger partial charge in [-0.1, -0.05) is 155 Å². The van der Waals surface area contributed by atoms with Crippen molar-refractivity contribution in [2.45, 2.75) is 77.4 Å². The number of halogens is 2. The molecule has 2 aliphatic rings. The molecule has 16 heteroatoms. The van der Waals surface area contributed by atoms with Gasteiger partial charge < -0.3 is 28.7 Å². The maximum absolute atomic E-state index is 12.7. The molecule has 2 aromatic heterocycles. The number of hydrogen-bond acceptors (Lipinski definition) is 10. The summed E-state index contributed by atoms with van der Waals surface area (Å²) in [5.74, 6) is -1.55. The lowest BCUT2D eigenvalue weighted by Crippen LogP contribution is -2.17.